The second kappa shape index (κ2) is 7.64. The standard InChI is InChI=1S/C15H22FNO2S/c1-15(2,3)8-12(9-18)17-14(19)10-20-13-6-4-11(16)5-7-13/h4-7,12,18H,8-10H2,1-3H3,(H,17,19). The molecular weight excluding hydrogens is 277 g/mol. The average Bonchev–Trinajstić information content (AvgIpc) is 2.35. The number of nitrogens with one attached hydrogen (secondary N) is 1. The zero-order valence-corrected chi connectivity index (χ0v) is 13.0. The molecule has 112 valence electrons. The number of thioether (sulfide) groups is 1. The summed E-state index contributed by atoms with van der Waals surface area (Å²) in [6.45, 7) is 6.13. The monoisotopic (exact) mass is 299 g/mol. The van der Waals surface area contributed by atoms with Crippen molar-refractivity contribution in [3.8, 4) is 0 Å². The molecule has 0 aliphatic carbocycles. The number of amides is 1. The van der Waals surface area contributed by atoms with Crippen LogP contribution in [0.3, 0.4) is 0 Å². The Kier molecular flexibility index (Phi) is 6.49. The lowest BCUT2D eigenvalue weighted by atomic mass is 9.88. The first-order valence-electron chi connectivity index (χ1n) is 6.59. The second-order valence-electron chi connectivity index (χ2n) is 5.95. The SMILES string of the molecule is CC(C)(C)CC(CO)NC(=O)CSc1ccc(F)cc1. The lowest BCUT2D eigenvalue weighted by Gasteiger charge is -2.25. The van der Waals surface area contributed by atoms with E-state index in [0.717, 1.165) is 11.3 Å². The molecule has 1 aromatic rings. The molecule has 0 saturated carbocycles. The topological polar surface area (TPSA) is 49.3 Å². The number of aliphatic hydroxyl groups is 1. The number of rotatable bonds is 6. The molecule has 0 spiro atoms. The van der Waals surface area contributed by atoms with Gasteiger partial charge in [0.2, 0.25) is 5.91 Å². The number of carbonyl (C=O) groups excluding carboxylic acids is 1. The van der Waals surface area contributed by atoms with Crippen molar-refractivity contribution >= 4 is 17.7 Å². The highest BCUT2D eigenvalue weighted by Gasteiger charge is 2.19. The summed E-state index contributed by atoms with van der Waals surface area (Å²) in [4.78, 5) is 12.7. The maximum Gasteiger partial charge on any atom is 0.230 e. The van der Waals surface area contributed by atoms with Gasteiger partial charge in [-0.05, 0) is 36.1 Å². The lowest BCUT2D eigenvalue weighted by molar-refractivity contribution is -0.119. The van der Waals surface area contributed by atoms with Gasteiger partial charge in [-0.15, -0.1) is 11.8 Å². The highest BCUT2D eigenvalue weighted by Crippen LogP contribution is 2.21. The molecule has 0 aliphatic rings. The normalized spacial score (nSPS) is 13.1. The molecule has 20 heavy (non-hydrogen) atoms. The lowest BCUT2D eigenvalue weighted by Crippen LogP contribution is -2.40. The van der Waals surface area contributed by atoms with Gasteiger partial charge in [0.1, 0.15) is 5.82 Å². The largest absolute Gasteiger partial charge is 0.394 e. The fourth-order valence-corrected chi connectivity index (χ4v) is 2.56. The minimum atomic E-state index is -0.288. The Morgan fingerprint density at radius 3 is 2.45 bits per heavy atom. The predicted octanol–water partition coefficient (Wildman–Crippen LogP) is 2.83. The number of hydrogen-bond donors (Lipinski definition) is 2. The quantitative estimate of drug-likeness (QED) is 0.794. The molecule has 1 atom stereocenters. The molecule has 0 aliphatic heterocycles. The van der Waals surface area contributed by atoms with Crippen molar-refractivity contribution in [2.45, 2.75) is 38.1 Å². The van der Waals surface area contributed by atoms with Crippen LogP contribution in [0.5, 0.6) is 0 Å². The van der Waals surface area contributed by atoms with Crippen LogP contribution < -0.4 is 5.32 Å². The van der Waals surface area contributed by atoms with Gasteiger partial charge in [0.25, 0.3) is 0 Å². The van der Waals surface area contributed by atoms with Gasteiger partial charge in [0, 0.05) is 4.90 Å². The fraction of sp³-hybridized carbons (Fsp3) is 0.533. The number of benzene rings is 1. The molecule has 0 heterocycles. The van der Waals surface area contributed by atoms with Crippen LogP contribution in [0.4, 0.5) is 4.39 Å². The Labute approximate surface area is 124 Å². The first-order chi connectivity index (χ1) is 9.30. The van der Waals surface area contributed by atoms with Gasteiger partial charge in [-0.3, -0.25) is 4.79 Å². The van der Waals surface area contributed by atoms with Gasteiger partial charge in [0.05, 0.1) is 18.4 Å². The van der Waals surface area contributed by atoms with Crippen molar-refractivity contribution < 1.29 is 14.3 Å². The summed E-state index contributed by atoms with van der Waals surface area (Å²) in [6, 6.07) is 5.81. The van der Waals surface area contributed by atoms with Crippen LogP contribution in [0, 0.1) is 11.2 Å². The summed E-state index contributed by atoms with van der Waals surface area (Å²) >= 11 is 1.35. The van der Waals surface area contributed by atoms with E-state index in [9.17, 15) is 14.3 Å². The van der Waals surface area contributed by atoms with E-state index in [4.69, 9.17) is 0 Å². The summed E-state index contributed by atoms with van der Waals surface area (Å²) in [5.74, 6) is -0.154. The molecule has 0 bridgehead atoms. The third-order valence-corrected chi connectivity index (χ3v) is 3.64. The summed E-state index contributed by atoms with van der Waals surface area (Å²) in [6.07, 6.45) is 0.719. The van der Waals surface area contributed by atoms with E-state index >= 15 is 0 Å². The zero-order chi connectivity index (χ0) is 15.2. The highest BCUT2D eigenvalue weighted by molar-refractivity contribution is 8.00. The van der Waals surface area contributed by atoms with Crippen LogP contribution in [0.1, 0.15) is 27.2 Å². The molecule has 0 fully saturated rings. The van der Waals surface area contributed by atoms with Gasteiger partial charge in [0.15, 0.2) is 0 Å². The first kappa shape index (κ1) is 17.0. The number of carbonyl (C=O) groups is 1. The summed E-state index contributed by atoms with van der Waals surface area (Å²) in [5.41, 5.74) is 0.0464. The molecule has 1 amide bonds. The van der Waals surface area contributed by atoms with Crippen molar-refractivity contribution in [2.24, 2.45) is 5.41 Å². The van der Waals surface area contributed by atoms with Crippen LogP contribution in [0.2, 0.25) is 0 Å². The Morgan fingerprint density at radius 1 is 1.35 bits per heavy atom. The Balaban J connectivity index is 2.40. The van der Waals surface area contributed by atoms with Gasteiger partial charge in [-0.2, -0.15) is 0 Å². The number of aliphatic hydroxyl groups excluding tert-OH is 1. The van der Waals surface area contributed by atoms with Crippen LogP contribution in [0.15, 0.2) is 29.2 Å². The summed E-state index contributed by atoms with van der Waals surface area (Å²) in [7, 11) is 0. The minimum Gasteiger partial charge on any atom is -0.394 e. The number of hydrogen-bond acceptors (Lipinski definition) is 3. The van der Waals surface area contributed by atoms with E-state index in [1.165, 1.54) is 23.9 Å². The molecule has 5 heteroatoms. The molecule has 0 aromatic heterocycles. The average molecular weight is 299 g/mol. The molecule has 1 aromatic carbocycles. The van der Waals surface area contributed by atoms with Crippen molar-refractivity contribution in [1.29, 1.82) is 0 Å². The molecule has 0 radical (unpaired) electrons. The molecule has 0 saturated heterocycles. The first-order valence-corrected chi connectivity index (χ1v) is 7.57. The third-order valence-electron chi connectivity index (χ3n) is 2.63. The summed E-state index contributed by atoms with van der Waals surface area (Å²) < 4.78 is 12.7. The van der Waals surface area contributed by atoms with Crippen LogP contribution >= 0.6 is 11.8 Å². The minimum absolute atomic E-state index is 0.0464. The van der Waals surface area contributed by atoms with Gasteiger partial charge in [-0.1, -0.05) is 20.8 Å². The Bertz CT molecular complexity index is 428. The second-order valence-corrected chi connectivity index (χ2v) is 7.00. The number of halogens is 1. The molecular formula is C15H22FNO2S. The molecule has 1 unspecified atom stereocenters. The Hall–Kier alpha value is -1.07. The zero-order valence-electron chi connectivity index (χ0n) is 12.1. The van der Waals surface area contributed by atoms with Crippen LogP contribution in [-0.2, 0) is 4.79 Å². The Morgan fingerprint density at radius 2 is 1.95 bits per heavy atom. The van der Waals surface area contributed by atoms with Crippen molar-refractivity contribution in [3.05, 3.63) is 30.1 Å². The molecule has 1 rings (SSSR count). The molecule has 3 nitrogen and oxygen atoms in total. The smallest absolute Gasteiger partial charge is 0.230 e. The maximum atomic E-state index is 12.7. The van der Waals surface area contributed by atoms with Crippen molar-refractivity contribution in [2.75, 3.05) is 12.4 Å². The van der Waals surface area contributed by atoms with E-state index in [1.807, 2.05) is 0 Å². The highest BCUT2D eigenvalue weighted by atomic mass is 32.2. The third kappa shape index (κ3) is 6.91. The van der Waals surface area contributed by atoms with Gasteiger partial charge in [-0.25, -0.2) is 4.39 Å². The fourth-order valence-electron chi connectivity index (χ4n) is 1.85. The van der Waals surface area contributed by atoms with E-state index in [-0.39, 0.29) is 35.5 Å². The van der Waals surface area contributed by atoms with E-state index in [2.05, 4.69) is 26.1 Å². The van der Waals surface area contributed by atoms with E-state index in [0.29, 0.717) is 0 Å². The predicted molar refractivity (Wildman–Crippen MR) is 80.2 cm³/mol. The summed E-state index contributed by atoms with van der Waals surface area (Å²) in [5, 5.41) is 12.1. The van der Waals surface area contributed by atoms with Gasteiger partial charge >= 0.3 is 0 Å². The van der Waals surface area contributed by atoms with Crippen molar-refractivity contribution in [3.63, 3.8) is 0 Å². The van der Waals surface area contributed by atoms with E-state index in [1.54, 1.807) is 12.1 Å². The van der Waals surface area contributed by atoms with Gasteiger partial charge < -0.3 is 10.4 Å². The van der Waals surface area contributed by atoms with E-state index < -0.39 is 0 Å². The van der Waals surface area contributed by atoms with Crippen LogP contribution in [0.25, 0.3) is 0 Å². The molecule has 2 N–H and O–H groups in total. The van der Waals surface area contributed by atoms with Crippen LogP contribution in [-0.4, -0.2) is 29.4 Å². The maximum absolute atomic E-state index is 12.7. The van der Waals surface area contributed by atoms with Crippen molar-refractivity contribution in [1.82, 2.24) is 5.32 Å².